The highest BCUT2D eigenvalue weighted by Gasteiger charge is 2.54. The van der Waals surface area contributed by atoms with E-state index >= 15 is 0 Å². The molecule has 2 saturated heterocycles. The van der Waals surface area contributed by atoms with Gasteiger partial charge in [0.25, 0.3) is 0 Å². The van der Waals surface area contributed by atoms with Crippen LogP contribution in [0.5, 0.6) is 5.75 Å². The van der Waals surface area contributed by atoms with Crippen molar-refractivity contribution >= 4 is 19.9 Å². The SMILES string of the molecule is Cc1c(-c2ccc(CN)cc2)cccc1S(=O)(=O)N1CCC2(CC1)C[C@H](NC[C@H](O)COc1cccc(S(=O)(=O)C3(CO)CC3)c1)CO2. The summed E-state index contributed by atoms with van der Waals surface area (Å²) in [5.74, 6) is 0.330. The molecule has 3 aromatic rings. The van der Waals surface area contributed by atoms with Crippen LogP contribution in [-0.2, 0) is 31.1 Å². The number of sulfone groups is 1. The summed E-state index contributed by atoms with van der Waals surface area (Å²) in [7, 11) is -7.39. The van der Waals surface area contributed by atoms with Gasteiger partial charge in [-0.15, -0.1) is 0 Å². The normalized spacial score (nSPS) is 21.3. The van der Waals surface area contributed by atoms with Crippen molar-refractivity contribution in [2.24, 2.45) is 5.73 Å². The van der Waals surface area contributed by atoms with E-state index in [1.807, 2.05) is 37.3 Å². The standard InChI is InChI=1S/C35H45N3O8S2/c1-25-32(27-10-8-26(20-36)9-11-27)6-3-7-33(25)48(43,44)38-16-14-34(15-17-38)19-28(22-46-34)37-21-29(40)23-45-30-4-2-5-31(18-30)47(41,42)35(24-39)12-13-35/h2-11,18,28-29,37,39-40H,12-17,19-24,36H2,1H3/t28-,29-/m0/s1. The van der Waals surface area contributed by atoms with Crippen molar-refractivity contribution in [3.05, 3.63) is 77.9 Å². The van der Waals surface area contributed by atoms with Crippen molar-refractivity contribution in [1.82, 2.24) is 9.62 Å². The number of ether oxygens (including phenoxy) is 2. The molecule has 13 heteroatoms. The van der Waals surface area contributed by atoms with Crippen molar-refractivity contribution in [3.63, 3.8) is 0 Å². The first kappa shape index (κ1) is 35.0. The van der Waals surface area contributed by atoms with Gasteiger partial charge in [0.1, 0.15) is 18.5 Å². The maximum absolute atomic E-state index is 13.8. The molecule has 0 amide bonds. The van der Waals surface area contributed by atoms with Crippen LogP contribution < -0.4 is 15.8 Å². The lowest BCUT2D eigenvalue weighted by Crippen LogP contribution is -2.47. The van der Waals surface area contributed by atoms with Crippen molar-refractivity contribution in [2.75, 3.05) is 39.5 Å². The van der Waals surface area contributed by atoms with E-state index < -0.39 is 42.9 Å². The number of aliphatic hydroxyl groups excluding tert-OH is 2. The minimum atomic E-state index is -3.71. The summed E-state index contributed by atoms with van der Waals surface area (Å²) in [6.45, 7) is 3.27. The Morgan fingerprint density at radius 3 is 2.40 bits per heavy atom. The van der Waals surface area contributed by atoms with Crippen molar-refractivity contribution in [1.29, 1.82) is 0 Å². The summed E-state index contributed by atoms with van der Waals surface area (Å²) in [5, 5.41) is 23.5. The van der Waals surface area contributed by atoms with Crippen LogP contribution in [0.25, 0.3) is 11.1 Å². The zero-order chi connectivity index (χ0) is 34.2. The smallest absolute Gasteiger partial charge is 0.243 e. The number of aliphatic hydroxyl groups is 2. The number of rotatable bonds is 13. The van der Waals surface area contributed by atoms with E-state index in [-0.39, 0.29) is 24.1 Å². The number of hydrogen-bond acceptors (Lipinski definition) is 10. The van der Waals surface area contributed by atoms with Crippen LogP contribution in [0.15, 0.2) is 76.5 Å². The average Bonchev–Trinajstić information content (AvgIpc) is 3.83. The van der Waals surface area contributed by atoms with Gasteiger partial charge in [0.05, 0.1) is 33.4 Å². The lowest BCUT2D eigenvalue weighted by Gasteiger charge is -2.38. The summed E-state index contributed by atoms with van der Waals surface area (Å²) in [4.78, 5) is 0.413. The molecule has 11 nitrogen and oxygen atoms in total. The second kappa shape index (κ2) is 13.8. The molecule has 0 unspecified atom stereocenters. The maximum atomic E-state index is 13.8. The largest absolute Gasteiger partial charge is 0.491 e. The summed E-state index contributed by atoms with van der Waals surface area (Å²) >= 11 is 0. The van der Waals surface area contributed by atoms with Crippen molar-refractivity contribution in [3.8, 4) is 16.9 Å². The first-order chi connectivity index (χ1) is 22.9. The summed E-state index contributed by atoms with van der Waals surface area (Å²) < 4.78 is 65.9. The van der Waals surface area contributed by atoms with Gasteiger partial charge in [-0.1, -0.05) is 42.5 Å². The number of nitrogens with one attached hydrogen (secondary N) is 1. The molecular weight excluding hydrogens is 655 g/mol. The number of hydrogen-bond donors (Lipinski definition) is 4. The van der Waals surface area contributed by atoms with Crippen LogP contribution in [0.2, 0.25) is 0 Å². The van der Waals surface area contributed by atoms with E-state index in [1.165, 1.54) is 12.1 Å². The van der Waals surface area contributed by atoms with Crippen molar-refractivity contribution in [2.45, 2.75) is 77.9 Å². The first-order valence-electron chi connectivity index (χ1n) is 16.4. The van der Waals surface area contributed by atoms with Gasteiger partial charge in [0, 0.05) is 32.2 Å². The lowest BCUT2D eigenvalue weighted by molar-refractivity contribution is -0.0312. The van der Waals surface area contributed by atoms with Gasteiger partial charge in [-0.3, -0.25) is 0 Å². The molecule has 2 atom stereocenters. The number of piperidine rings is 1. The molecule has 6 rings (SSSR count). The zero-order valence-corrected chi connectivity index (χ0v) is 28.8. The predicted octanol–water partition coefficient (Wildman–Crippen LogP) is 2.76. The molecule has 2 heterocycles. The molecule has 2 aliphatic heterocycles. The second-order valence-electron chi connectivity index (χ2n) is 13.3. The average molecular weight is 700 g/mol. The highest BCUT2D eigenvalue weighted by atomic mass is 32.2. The van der Waals surface area contributed by atoms with E-state index in [1.54, 1.807) is 28.6 Å². The van der Waals surface area contributed by atoms with E-state index in [0.717, 1.165) is 16.7 Å². The molecular formula is C35H45N3O8S2. The Bertz CT molecular complexity index is 1820. The van der Waals surface area contributed by atoms with Crippen LogP contribution in [-0.4, -0.2) is 93.3 Å². The van der Waals surface area contributed by atoms with Gasteiger partial charge < -0.3 is 30.7 Å². The third-order valence-corrected chi connectivity index (χ3v) is 14.7. The van der Waals surface area contributed by atoms with Crippen LogP contribution in [0.3, 0.4) is 0 Å². The Hall–Kier alpha value is -2.88. The van der Waals surface area contributed by atoms with Crippen LogP contribution >= 0.6 is 0 Å². The van der Waals surface area contributed by atoms with Gasteiger partial charge in [-0.2, -0.15) is 4.31 Å². The molecule has 0 bridgehead atoms. The van der Waals surface area contributed by atoms with Crippen LogP contribution in [0.4, 0.5) is 0 Å². The third-order valence-electron chi connectivity index (χ3n) is 10.1. The fourth-order valence-electron chi connectivity index (χ4n) is 6.81. The third kappa shape index (κ3) is 6.92. The van der Waals surface area contributed by atoms with Crippen LogP contribution in [0.1, 0.15) is 43.2 Å². The number of sulfonamides is 1. The lowest BCUT2D eigenvalue weighted by atomic mass is 9.88. The van der Waals surface area contributed by atoms with Gasteiger partial charge in [0.2, 0.25) is 10.0 Å². The Balaban J connectivity index is 0.991. The molecule has 260 valence electrons. The van der Waals surface area contributed by atoms with Gasteiger partial charge in [-0.25, -0.2) is 16.8 Å². The Morgan fingerprint density at radius 2 is 1.73 bits per heavy atom. The second-order valence-corrected chi connectivity index (χ2v) is 17.6. The fourth-order valence-corrected chi connectivity index (χ4v) is 10.3. The highest BCUT2D eigenvalue weighted by Crippen LogP contribution is 2.46. The van der Waals surface area contributed by atoms with E-state index in [0.29, 0.717) is 74.6 Å². The topological polar surface area (TPSA) is 168 Å². The number of benzene rings is 3. The van der Waals surface area contributed by atoms with Gasteiger partial charge >= 0.3 is 0 Å². The summed E-state index contributed by atoms with van der Waals surface area (Å²) in [6, 6.07) is 19.4. The Morgan fingerprint density at radius 1 is 1.02 bits per heavy atom. The fraction of sp³-hybridized carbons (Fsp3) is 0.486. The quantitative estimate of drug-likeness (QED) is 0.208. The highest BCUT2D eigenvalue weighted by molar-refractivity contribution is 7.93. The molecule has 5 N–H and O–H groups in total. The molecule has 0 radical (unpaired) electrons. The predicted molar refractivity (Wildman–Crippen MR) is 182 cm³/mol. The maximum Gasteiger partial charge on any atom is 0.243 e. The Kier molecular flexibility index (Phi) is 10.0. The first-order valence-corrected chi connectivity index (χ1v) is 19.4. The molecule has 48 heavy (non-hydrogen) atoms. The van der Waals surface area contributed by atoms with E-state index in [9.17, 15) is 27.0 Å². The van der Waals surface area contributed by atoms with Crippen molar-refractivity contribution < 1.29 is 36.5 Å². The molecule has 3 aromatic carbocycles. The molecule has 3 aliphatic rings. The molecule has 0 aromatic heterocycles. The molecule has 3 fully saturated rings. The van der Waals surface area contributed by atoms with Gasteiger partial charge in [0.15, 0.2) is 9.84 Å². The molecule has 1 saturated carbocycles. The number of nitrogens with two attached hydrogens (primary N) is 1. The summed E-state index contributed by atoms with van der Waals surface area (Å²) in [5.41, 5.74) is 8.86. The minimum Gasteiger partial charge on any atom is -0.491 e. The van der Waals surface area contributed by atoms with E-state index in [2.05, 4.69) is 5.32 Å². The Labute approximate surface area is 283 Å². The van der Waals surface area contributed by atoms with Crippen LogP contribution in [0, 0.1) is 6.92 Å². The zero-order valence-electron chi connectivity index (χ0n) is 27.2. The molecule has 1 spiro atoms. The van der Waals surface area contributed by atoms with E-state index in [4.69, 9.17) is 15.2 Å². The van der Waals surface area contributed by atoms with Gasteiger partial charge in [-0.05, 0) is 85.5 Å². The minimum absolute atomic E-state index is 0.00548. The number of nitrogens with zero attached hydrogens (tertiary/aromatic N) is 1. The summed E-state index contributed by atoms with van der Waals surface area (Å²) in [6.07, 6.45) is 1.88. The molecule has 1 aliphatic carbocycles. The monoisotopic (exact) mass is 699 g/mol.